The van der Waals surface area contributed by atoms with Gasteiger partial charge in [-0.2, -0.15) is 0 Å². The van der Waals surface area contributed by atoms with Gasteiger partial charge in [0.05, 0.1) is 12.6 Å². The van der Waals surface area contributed by atoms with E-state index in [9.17, 15) is 9.59 Å². The predicted octanol–water partition coefficient (Wildman–Crippen LogP) is 4.04. The Labute approximate surface area is 175 Å². The molecule has 6 heteroatoms. The van der Waals surface area contributed by atoms with Crippen LogP contribution in [0.15, 0.2) is 66.7 Å². The average molecular weight is 407 g/mol. The first-order chi connectivity index (χ1) is 14.6. The van der Waals surface area contributed by atoms with E-state index in [0.717, 1.165) is 22.1 Å². The maximum Gasteiger partial charge on any atom is 0.344 e. The van der Waals surface area contributed by atoms with Crippen LogP contribution >= 0.6 is 0 Å². The minimum Gasteiger partial charge on any atom is -0.494 e. The molecular weight excluding hydrogens is 382 g/mol. The Kier molecular flexibility index (Phi) is 7.27. The topological polar surface area (TPSA) is 73.9 Å². The largest absolute Gasteiger partial charge is 0.494 e. The highest BCUT2D eigenvalue weighted by Gasteiger charge is 2.14. The Morgan fingerprint density at radius 2 is 1.53 bits per heavy atom. The molecule has 0 radical (unpaired) electrons. The Balaban J connectivity index is 1.45. The normalized spacial score (nSPS) is 11.5. The summed E-state index contributed by atoms with van der Waals surface area (Å²) < 4.78 is 15.7. The molecule has 1 N–H and O–H groups in total. The van der Waals surface area contributed by atoms with Gasteiger partial charge in [0.15, 0.2) is 13.2 Å². The molecule has 3 aromatic carbocycles. The first kappa shape index (κ1) is 21.2. The highest BCUT2D eigenvalue weighted by molar-refractivity contribution is 5.87. The van der Waals surface area contributed by atoms with E-state index in [0.29, 0.717) is 12.4 Å². The first-order valence-corrected chi connectivity index (χ1v) is 9.85. The molecule has 0 spiro atoms. The van der Waals surface area contributed by atoms with Crippen LogP contribution in [0.1, 0.15) is 25.5 Å². The first-order valence-electron chi connectivity index (χ1n) is 9.85. The Morgan fingerprint density at radius 1 is 0.867 bits per heavy atom. The van der Waals surface area contributed by atoms with Crippen molar-refractivity contribution in [2.75, 3.05) is 19.8 Å². The van der Waals surface area contributed by atoms with Gasteiger partial charge in [-0.25, -0.2) is 4.79 Å². The second kappa shape index (κ2) is 10.3. The van der Waals surface area contributed by atoms with Gasteiger partial charge in [-0.1, -0.05) is 42.5 Å². The van der Waals surface area contributed by atoms with Crippen LogP contribution in [0.25, 0.3) is 10.8 Å². The zero-order valence-corrected chi connectivity index (χ0v) is 17.1. The number of ether oxygens (including phenoxy) is 3. The van der Waals surface area contributed by atoms with E-state index in [1.54, 1.807) is 24.3 Å². The minimum atomic E-state index is -0.614. The molecule has 6 nitrogen and oxygen atoms in total. The van der Waals surface area contributed by atoms with Crippen LogP contribution in [-0.2, 0) is 14.3 Å². The lowest BCUT2D eigenvalue weighted by Crippen LogP contribution is -2.32. The Hall–Kier alpha value is -3.54. The van der Waals surface area contributed by atoms with Crippen LogP contribution in [0.2, 0.25) is 0 Å². The van der Waals surface area contributed by atoms with Gasteiger partial charge in [0, 0.05) is 0 Å². The molecule has 0 unspecified atom stereocenters. The molecule has 0 heterocycles. The van der Waals surface area contributed by atoms with E-state index < -0.39 is 5.97 Å². The van der Waals surface area contributed by atoms with Crippen molar-refractivity contribution in [1.29, 1.82) is 0 Å². The van der Waals surface area contributed by atoms with Crippen LogP contribution in [0, 0.1) is 0 Å². The molecule has 0 saturated carbocycles. The van der Waals surface area contributed by atoms with Crippen molar-refractivity contribution in [3.05, 3.63) is 72.3 Å². The van der Waals surface area contributed by atoms with Crippen molar-refractivity contribution in [3.63, 3.8) is 0 Å². The third kappa shape index (κ3) is 5.73. The molecule has 3 aromatic rings. The van der Waals surface area contributed by atoms with E-state index >= 15 is 0 Å². The zero-order chi connectivity index (χ0) is 21.3. The minimum absolute atomic E-state index is 0.220. The lowest BCUT2D eigenvalue weighted by atomic mass is 10.00. The van der Waals surface area contributed by atoms with Crippen LogP contribution in [-0.4, -0.2) is 31.7 Å². The fourth-order valence-electron chi connectivity index (χ4n) is 3.12. The molecule has 30 heavy (non-hydrogen) atoms. The molecule has 0 aromatic heterocycles. The molecule has 0 bridgehead atoms. The monoisotopic (exact) mass is 407 g/mol. The lowest BCUT2D eigenvalue weighted by molar-refractivity contribution is -0.150. The zero-order valence-electron chi connectivity index (χ0n) is 17.1. The van der Waals surface area contributed by atoms with E-state index in [1.165, 1.54) is 0 Å². The number of rotatable bonds is 9. The van der Waals surface area contributed by atoms with Gasteiger partial charge in [-0.05, 0) is 54.4 Å². The Bertz CT molecular complexity index is 995. The maximum absolute atomic E-state index is 12.2. The SMILES string of the molecule is CCOc1ccc(OCC(=O)OCC(=O)N[C@H](C)c2cccc3ccccc23)cc1. The van der Waals surface area contributed by atoms with Gasteiger partial charge in [0.25, 0.3) is 5.91 Å². The number of nitrogens with one attached hydrogen (secondary N) is 1. The van der Waals surface area contributed by atoms with Gasteiger partial charge in [-0.3, -0.25) is 4.79 Å². The summed E-state index contributed by atoms with van der Waals surface area (Å²) in [7, 11) is 0. The summed E-state index contributed by atoms with van der Waals surface area (Å²) in [6.07, 6.45) is 0. The molecule has 0 aliphatic carbocycles. The number of amides is 1. The van der Waals surface area contributed by atoms with Crippen LogP contribution in [0.3, 0.4) is 0 Å². The number of hydrogen-bond donors (Lipinski definition) is 1. The smallest absolute Gasteiger partial charge is 0.344 e. The van der Waals surface area contributed by atoms with Crippen molar-refractivity contribution in [2.24, 2.45) is 0 Å². The van der Waals surface area contributed by atoms with Crippen molar-refractivity contribution >= 4 is 22.6 Å². The van der Waals surface area contributed by atoms with Gasteiger partial charge in [-0.15, -0.1) is 0 Å². The third-order valence-corrected chi connectivity index (χ3v) is 4.52. The maximum atomic E-state index is 12.2. The standard InChI is InChI=1S/C24H25NO5/c1-3-28-19-11-13-20(14-12-19)29-16-24(27)30-15-23(26)25-17(2)21-10-6-8-18-7-4-5-9-22(18)21/h4-14,17H,3,15-16H2,1-2H3,(H,25,26)/t17-/m1/s1. The van der Waals surface area contributed by atoms with Gasteiger partial charge in [0.1, 0.15) is 11.5 Å². The second-order valence-electron chi connectivity index (χ2n) is 6.71. The van der Waals surface area contributed by atoms with Crippen molar-refractivity contribution < 1.29 is 23.8 Å². The summed E-state index contributed by atoms with van der Waals surface area (Å²) in [6, 6.07) is 20.7. The van der Waals surface area contributed by atoms with Gasteiger partial charge >= 0.3 is 5.97 Å². The molecule has 3 rings (SSSR count). The van der Waals surface area contributed by atoms with E-state index in [2.05, 4.69) is 5.32 Å². The highest BCUT2D eigenvalue weighted by Crippen LogP contribution is 2.24. The third-order valence-electron chi connectivity index (χ3n) is 4.52. The molecule has 0 aliphatic heterocycles. The molecule has 0 fully saturated rings. The molecule has 1 atom stereocenters. The fraction of sp³-hybridized carbons (Fsp3) is 0.250. The van der Waals surface area contributed by atoms with E-state index in [4.69, 9.17) is 14.2 Å². The average Bonchev–Trinajstić information content (AvgIpc) is 2.77. The number of esters is 1. The van der Waals surface area contributed by atoms with E-state index in [1.807, 2.05) is 56.3 Å². The Morgan fingerprint density at radius 3 is 2.27 bits per heavy atom. The second-order valence-corrected chi connectivity index (χ2v) is 6.71. The molecule has 1 amide bonds. The molecule has 0 aliphatic rings. The summed E-state index contributed by atoms with van der Waals surface area (Å²) >= 11 is 0. The number of hydrogen-bond acceptors (Lipinski definition) is 5. The number of benzene rings is 3. The lowest BCUT2D eigenvalue weighted by Gasteiger charge is -2.16. The molecular formula is C24H25NO5. The van der Waals surface area contributed by atoms with Crippen molar-refractivity contribution in [1.82, 2.24) is 5.32 Å². The summed E-state index contributed by atoms with van der Waals surface area (Å²) in [5, 5.41) is 5.05. The molecule has 0 saturated heterocycles. The number of fused-ring (bicyclic) bond motifs is 1. The summed E-state index contributed by atoms with van der Waals surface area (Å²) in [5.74, 6) is 0.260. The number of carbonyl (C=O) groups excluding carboxylic acids is 2. The van der Waals surface area contributed by atoms with Crippen LogP contribution < -0.4 is 14.8 Å². The number of carbonyl (C=O) groups is 2. The summed E-state index contributed by atoms with van der Waals surface area (Å²) in [4.78, 5) is 24.1. The van der Waals surface area contributed by atoms with Crippen LogP contribution in [0.4, 0.5) is 0 Å². The van der Waals surface area contributed by atoms with Crippen molar-refractivity contribution in [2.45, 2.75) is 19.9 Å². The quantitative estimate of drug-likeness (QED) is 0.542. The van der Waals surface area contributed by atoms with Gasteiger partial charge in [0.2, 0.25) is 0 Å². The van der Waals surface area contributed by atoms with E-state index in [-0.39, 0.29) is 25.2 Å². The predicted molar refractivity (Wildman–Crippen MR) is 115 cm³/mol. The fourth-order valence-corrected chi connectivity index (χ4v) is 3.12. The summed E-state index contributed by atoms with van der Waals surface area (Å²) in [5.41, 5.74) is 1.01. The van der Waals surface area contributed by atoms with Crippen LogP contribution in [0.5, 0.6) is 11.5 Å². The highest BCUT2D eigenvalue weighted by atomic mass is 16.6. The van der Waals surface area contributed by atoms with Gasteiger partial charge < -0.3 is 19.5 Å². The van der Waals surface area contributed by atoms with Crippen molar-refractivity contribution in [3.8, 4) is 11.5 Å². The molecule has 156 valence electrons. The summed E-state index contributed by atoms with van der Waals surface area (Å²) in [6.45, 7) is 3.74.